The summed E-state index contributed by atoms with van der Waals surface area (Å²) in [5.74, 6) is 0.448. The van der Waals surface area contributed by atoms with Crippen LogP contribution in [0, 0.1) is 0 Å². The van der Waals surface area contributed by atoms with E-state index in [9.17, 15) is 13.2 Å². The van der Waals surface area contributed by atoms with Gasteiger partial charge in [0.15, 0.2) is 5.82 Å². The van der Waals surface area contributed by atoms with Crippen LogP contribution in [0.15, 0.2) is 28.8 Å². The SMILES string of the molecule is FC(F)(F)COCc1noc(C2Cc3ccccc3N2)n1. The molecule has 0 amide bonds. The quantitative estimate of drug-likeness (QED) is 0.940. The van der Waals surface area contributed by atoms with Gasteiger partial charge in [-0.3, -0.25) is 0 Å². The molecule has 0 saturated heterocycles. The molecule has 2 aromatic rings. The highest BCUT2D eigenvalue weighted by Crippen LogP contribution is 2.33. The molecule has 1 aliphatic rings. The van der Waals surface area contributed by atoms with Crippen molar-refractivity contribution in [3.63, 3.8) is 0 Å². The summed E-state index contributed by atoms with van der Waals surface area (Å²) < 4.78 is 45.5. The van der Waals surface area contributed by atoms with Crippen LogP contribution in [0.4, 0.5) is 18.9 Å². The number of nitrogens with zero attached hydrogens (tertiary/aromatic N) is 2. The number of ether oxygens (including phenoxy) is 1. The number of hydrogen-bond donors (Lipinski definition) is 1. The number of nitrogens with one attached hydrogen (secondary N) is 1. The maximum Gasteiger partial charge on any atom is 0.411 e. The topological polar surface area (TPSA) is 60.2 Å². The molecule has 1 atom stereocenters. The van der Waals surface area contributed by atoms with Crippen molar-refractivity contribution in [2.24, 2.45) is 0 Å². The van der Waals surface area contributed by atoms with Crippen molar-refractivity contribution < 1.29 is 22.4 Å². The maximum absolute atomic E-state index is 12.0. The average molecular weight is 299 g/mol. The highest BCUT2D eigenvalue weighted by Gasteiger charge is 2.29. The number of hydrogen-bond acceptors (Lipinski definition) is 5. The summed E-state index contributed by atoms with van der Waals surface area (Å²) in [6.45, 7) is -1.66. The van der Waals surface area contributed by atoms with Gasteiger partial charge in [0.2, 0.25) is 5.89 Å². The Morgan fingerprint density at radius 3 is 2.90 bits per heavy atom. The summed E-state index contributed by atoms with van der Waals surface area (Å²) >= 11 is 0. The van der Waals surface area contributed by atoms with Crippen LogP contribution in [-0.2, 0) is 17.8 Å². The minimum Gasteiger partial charge on any atom is -0.373 e. The Morgan fingerprint density at radius 2 is 2.14 bits per heavy atom. The molecule has 1 N–H and O–H groups in total. The first-order valence-corrected chi connectivity index (χ1v) is 6.33. The van der Waals surface area contributed by atoms with E-state index >= 15 is 0 Å². The van der Waals surface area contributed by atoms with E-state index in [0.717, 1.165) is 11.3 Å². The van der Waals surface area contributed by atoms with E-state index in [2.05, 4.69) is 20.2 Å². The third-order valence-electron chi connectivity index (χ3n) is 3.05. The average Bonchev–Trinajstić information content (AvgIpc) is 3.02. The number of fused-ring (bicyclic) bond motifs is 1. The van der Waals surface area contributed by atoms with Crippen LogP contribution in [0.25, 0.3) is 0 Å². The smallest absolute Gasteiger partial charge is 0.373 e. The Kier molecular flexibility index (Phi) is 3.54. The van der Waals surface area contributed by atoms with Gasteiger partial charge in [-0.1, -0.05) is 23.4 Å². The standard InChI is InChI=1S/C13H12F3N3O2/c14-13(15,16)7-20-6-11-18-12(21-19-11)10-5-8-3-1-2-4-9(8)17-10/h1-4,10,17H,5-7H2. The molecule has 5 nitrogen and oxygen atoms in total. The van der Waals surface area contributed by atoms with Crippen molar-refractivity contribution in [2.45, 2.75) is 25.2 Å². The van der Waals surface area contributed by atoms with Crippen LogP contribution < -0.4 is 5.32 Å². The monoisotopic (exact) mass is 299 g/mol. The lowest BCUT2D eigenvalue weighted by Crippen LogP contribution is -2.17. The van der Waals surface area contributed by atoms with Gasteiger partial charge >= 0.3 is 6.18 Å². The Morgan fingerprint density at radius 1 is 1.33 bits per heavy atom. The molecule has 1 aliphatic heterocycles. The van der Waals surface area contributed by atoms with E-state index in [1.165, 1.54) is 0 Å². The molecular formula is C13H12F3N3O2. The van der Waals surface area contributed by atoms with E-state index in [4.69, 9.17) is 4.52 Å². The first kappa shape index (κ1) is 13.9. The zero-order chi connectivity index (χ0) is 14.9. The molecule has 1 aromatic carbocycles. The third-order valence-corrected chi connectivity index (χ3v) is 3.05. The summed E-state index contributed by atoms with van der Waals surface area (Å²) in [4.78, 5) is 4.06. The highest BCUT2D eigenvalue weighted by atomic mass is 19.4. The minimum atomic E-state index is -4.36. The predicted molar refractivity (Wildman–Crippen MR) is 66.5 cm³/mol. The molecule has 21 heavy (non-hydrogen) atoms. The fraction of sp³-hybridized carbons (Fsp3) is 0.385. The van der Waals surface area contributed by atoms with Gasteiger partial charge < -0.3 is 14.6 Å². The van der Waals surface area contributed by atoms with Gasteiger partial charge in [-0.2, -0.15) is 18.2 Å². The number of aromatic nitrogens is 2. The Bertz CT molecular complexity index is 602. The lowest BCUT2D eigenvalue weighted by molar-refractivity contribution is -0.177. The van der Waals surface area contributed by atoms with E-state index < -0.39 is 12.8 Å². The molecule has 2 heterocycles. The zero-order valence-electron chi connectivity index (χ0n) is 10.9. The molecule has 0 saturated carbocycles. The van der Waals surface area contributed by atoms with Crippen LogP contribution in [0.3, 0.4) is 0 Å². The molecule has 8 heteroatoms. The molecule has 0 fully saturated rings. The van der Waals surface area contributed by atoms with Gasteiger partial charge in [0, 0.05) is 12.1 Å². The van der Waals surface area contributed by atoms with E-state index in [0.29, 0.717) is 12.3 Å². The van der Waals surface area contributed by atoms with Crippen LogP contribution in [0.2, 0.25) is 0 Å². The molecule has 112 valence electrons. The molecular weight excluding hydrogens is 287 g/mol. The molecule has 3 rings (SSSR count). The van der Waals surface area contributed by atoms with Gasteiger partial charge in [-0.25, -0.2) is 0 Å². The van der Waals surface area contributed by atoms with Crippen LogP contribution in [0.5, 0.6) is 0 Å². The predicted octanol–water partition coefficient (Wildman–Crippen LogP) is 2.86. The lowest BCUT2D eigenvalue weighted by atomic mass is 10.1. The summed E-state index contributed by atoms with van der Waals surface area (Å²) in [7, 11) is 0. The number of rotatable bonds is 4. The summed E-state index contributed by atoms with van der Waals surface area (Å²) in [5, 5.41) is 6.85. The van der Waals surface area contributed by atoms with Gasteiger partial charge in [0.05, 0.1) is 0 Å². The number of anilines is 1. The number of para-hydroxylation sites is 1. The van der Waals surface area contributed by atoms with Crippen molar-refractivity contribution >= 4 is 5.69 Å². The Hall–Kier alpha value is -2.09. The van der Waals surface area contributed by atoms with E-state index in [1.54, 1.807) is 0 Å². The molecule has 0 radical (unpaired) electrons. The second-order valence-corrected chi connectivity index (χ2v) is 4.72. The molecule has 1 unspecified atom stereocenters. The fourth-order valence-corrected chi connectivity index (χ4v) is 2.17. The fourth-order valence-electron chi connectivity index (χ4n) is 2.17. The van der Waals surface area contributed by atoms with Gasteiger partial charge in [-0.05, 0) is 11.6 Å². The van der Waals surface area contributed by atoms with Crippen molar-refractivity contribution in [3.8, 4) is 0 Å². The molecule has 0 spiro atoms. The van der Waals surface area contributed by atoms with Crippen molar-refractivity contribution in [1.82, 2.24) is 10.1 Å². The Balaban J connectivity index is 1.59. The largest absolute Gasteiger partial charge is 0.411 e. The molecule has 0 bridgehead atoms. The minimum absolute atomic E-state index is 0.104. The second kappa shape index (κ2) is 5.36. The van der Waals surface area contributed by atoms with Crippen molar-refractivity contribution in [1.29, 1.82) is 0 Å². The van der Waals surface area contributed by atoms with Crippen molar-refractivity contribution in [3.05, 3.63) is 41.5 Å². The van der Waals surface area contributed by atoms with E-state index in [1.807, 2.05) is 24.3 Å². The number of halogens is 3. The van der Waals surface area contributed by atoms with Crippen LogP contribution in [0.1, 0.15) is 23.3 Å². The normalized spacial score (nSPS) is 17.6. The van der Waals surface area contributed by atoms with Gasteiger partial charge in [0.1, 0.15) is 19.3 Å². The first-order valence-electron chi connectivity index (χ1n) is 6.33. The van der Waals surface area contributed by atoms with Crippen molar-refractivity contribution in [2.75, 3.05) is 11.9 Å². The van der Waals surface area contributed by atoms with Gasteiger partial charge in [-0.15, -0.1) is 0 Å². The van der Waals surface area contributed by atoms with E-state index in [-0.39, 0.29) is 18.5 Å². The van der Waals surface area contributed by atoms with Crippen LogP contribution >= 0.6 is 0 Å². The number of benzene rings is 1. The highest BCUT2D eigenvalue weighted by molar-refractivity contribution is 5.56. The molecule has 1 aromatic heterocycles. The third kappa shape index (κ3) is 3.33. The Labute approximate surface area is 118 Å². The lowest BCUT2D eigenvalue weighted by Gasteiger charge is -2.05. The number of alkyl halides is 3. The summed E-state index contributed by atoms with van der Waals surface area (Å²) in [6, 6.07) is 7.63. The first-order chi connectivity index (χ1) is 10.0. The summed E-state index contributed by atoms with van der Waals surface area (Å²) in [5.41, 5.74) is 2.13. The van der Waals surface area contributed by atoms with Crippen LogP contribution in [-0.4, -0.2) is 22.9 Å². The van der Waals surface area contributed by atoms with Gasteiger partial charge in [0.25, 0.3) is 0 Å². The zero-order valence-corrected chi connectivity index (χ0v) is 10.9. The second-order valence-electron chi connectivity index (χ2n) is 4.72. The summed E-state index contributed by atoms with van der Waals surface area (Å²) in [6.07, 6.45) is -3.66. The maximum atomic E-state index is 12.0. The molecule has 0 aliphatic carbocycles.